The number of carbonyl (C=O) groups is 1. The van der Waals surface area contributed by atoms with E-state index in [2.05, 4.69) is 10.1 Å². The summed E-state index contributed by atoms with van der Waals surface area (Å²) in [5.74, 6) is 2.08. The van der Waals surface area contributed by atoms with Crippen molar-refractivity contribution < 1.29 is 18.8 Å². The normalized spacial score (nSPS) is 10.6. The molecule has 0 spiro atoms. The number of para-hydroxylation sites is 1. The number of carbonyl (C=O) groups excluding carboxylic acids is 1. The summed E-state index contributed by atoms with van der Waals surface area (Å²) in [7, 11) is 0. The third-order valence-electron chi connectivity index (χ3n) is 3.56. The number of aromatic nitrogens is 2. The van der Waals surface area contributed by atoms with E-state index in [0.717, 1.165) is 10.6 Å². The lowest BCUT2D eigenvalue weighted by Gasteiger charge is -2.09. The molecule has 0 unspecified atom stereocenters. The highest BCUT2D eigenvalue weighted by Gasteiger charge is 2.14. The molecule has 0 aliphatic rings. The number of esters is 1. The van der Waals surface area contributed by atoms with Gasteiger partial charge in [-0.3, -0.25) is 0 Å². The molecule has 0 aliphatic carbocycles. The van der Waals surface area contributed by atoms with Crippen molar-refractivity contribution in [3.05, 3.63) is 71.9 Å². The molecule has 0 radical (unpaired) electrons. The largest absolute Gasteiger partial charge is 0.493 e. The first-order valence-electron chi connectivity index (χ1n) is 8.58. The molecular formula is C20H20N2O4S. The van der Waals surface area contributed by atoms with Gasteiger partial charge in [0.2, 0.25) is 5.89 Å². The van der Waals surface area contributed by atoms with Crippen molar-refractivity contribution in [1.82, 2.24) is 10.1 Å². The van der Waals surface area contributed by atoms with E-state index in [1.54, 1.807) is 13.0 Å². The van der Waals surface area contributed by atoms with Gasteiger partial charge in [0.1, 0.15) is 5.75 Å². The summed E-state index contributed by atoms with van der Waals surface area (Å²) in [6, 6.07) is 16.9. The van der Waals surface area contributed by atoms with Crippen LogP contribution in [0.2, 0.25) is 0 Å². The standard InChI is InChI=1S/C20H20N2O4S/c1-15-21-19(26-22-15)14-27-18-11-6-5-10-17(18)20(23)25-13-7-12-24-16-8-3-2-4-9-16/h2-6,8-11H,7,12-14H2,1H3. The lowest BCUT2D eigenvalue weighted by atomic mass is 10.2. The van der Waals surface area contributed by atoms with Crippen molar-refractivity contribution in [3.8, 4) is 5.75 Å². The van der Waals surface area contributed by atoms with Crippen LogP contribution < -0.4 is 4.74 Å². The van der Waals surface area contributed by atoms with Gasteiger partial charge >= 0.3 is 5.97 Å². The Bertz CT molecular complexity index is 867. The number of hydrogen-bond donors (Lipinski definition) is 0. The van der Waals surface area contributed by atoms with E-state index < -0.39 is 0 Å². The van der Waals surface area contributed by atoms with Crippen LogP contribution in [-0.2, 0) is 10.5 Å². The van der Waals surface area contributed by atoms with Crippen LogP contribution in [-0.4, -0.2) is 29.3 Å². The van der Waals surface area contributed by atoms with Gasteiger partial charge in [0.15, 0.2) is 5.82 Å². The number of benzene rings is 2. The van der Waals surface area contributed by atoms with Crippen molar-refractivity contribution >= 4 is 17.7 Å². The van der Waals surface area contributed by atoms with E-state index >= 15 is 0 Å². The SMILES string of the molecule is Cc1noc(CSc2ccccc2C(=O)OCCCOc2ccccc2)n1. The summed E-state index contributed by atoms with van der Waals surface area (Å²) in [4.78, 5) is 17.4. The van der Waals surface area contributed by atoms with Crippen LogP contribution in [0.25, 0.3) is 0 Å². The Morgan fingerprint density at radius 1 is 1.07 bits per heavy atom. The molecule has 1 heterocycles. The molecule has 27 heavy (non-hydrogen) atoms. The Labute approximate surface area is 161 Å². The molecule has 2 aromatic carbocycles. The molecule has 3 aromatic rings. The molecule has 0 saturated carbocycles. The van der Waals surface area contributed by atoms with Crippen LogP contribution >= 0.6 is 11.8 Å². The van der Waals surface area contributed by atoms with Crippen molar-refractivity contribution in [3.63, 3.8) is 0 Å². The second-order valence-corrected chi connectivity index (χ2v) is 6.69. The number of hydrogen-bond acceptors (Lipinski definition) is 7. The van der Waals surface area contributed by atoms with Gasteiger partial charge in [0.25, 0.3) is 0 Å². The summed E-state index contributed by atoms with van der Waals surface area (Å²) < 4.78 is 16.1. The molecule has 0 bridgehead atoms. The van der Waals surface area contributed by atoms with Crippen LogP contribution in [0.3, 0.4) is 0 Å². The molecule has 1 aromatic heterocycles. The van der Waals surface area contributed by atoms with Crippen molar-refractivity contribution in [1.29, 1.82) is 0 Å². The fraction of sp³-hybridized carbons (Fsp3) is 0.250. The van der Waals surface area contributed by atoms with Gasteiger partial charge < -0.3 is 14.0 Å². The number of rotatable bonds is 9. The number of nitrogens with zero attached hydrogens (tertiary/aromatic N) is 2. The molecule has 0 aliphatic heterocycles. The molecule has 0 N–H and O–H groups in total. The number of ether oxygens (including phenoxy) is 2. The molecule has 6 nitrogen and oxygen atoms in total. The maximum atomic E-state index is 12.4. The summed E-state index contributed by atoms with van der Waals surface area (Å²) in [5.41, 5.74) is 0.530. The Kier molecular flexibility index (Phi) is 6.87. The van der Waals surface area contributed by atoms with Gasteiger partial charge in [-0.25, -0.2) is 4.79 Å². The monoisotopic (exact) mass is 384 g/mol. The zero-order valence-electron chi connectivity index (χ0n) is 15.0. The zero-order chi connectivity index (χ0) is 18.9. The minimum absolute atomic E-state index is 0.299. The van der Waals surface area contributed by atoms with E-state index in [1.807, 2.05) is 48.5 Å². The van der Waals surface area contributed by atoms with Crippen molar-refractivity contribution in [2.75, 3.05) is 13.2 Å². The van der Waals surface area contributed by atoms with Gasteiger partial charge in [-0.2, -0.15) is 4.98 Å². The highest BCUT2D eigenvalue weighted by atomic mass is 32.2. The summed E-state index contributed by atoms with van der Waals surface area (Å²) in [6.07, 6.45) is 0.622. The summed E-state index contributed by atoms with van der Waals surface area (Å²) in [5, 5.41) is 3.76. The predicted octanol–water partition coefficient (Wildman–Crippen LogP) is 4.30. The third-order valence-corrected chi connectivity index (χ3v) is 4.62. The number of aryl methyl sites for hydroxylation is 1. The number of thioether (sulfide) groups is 1. The van der Waals surface area contributed by atoms with E-state index in [0.29, 0.717) is 42.7 Å². The summed E-state index contributed by atoms with van der Waals surface area (Å²) >= 11 is 1.46. The highest BCUT2D eigenvalue weighted by molar-refractivity contribution is 7.98. The first kappa shape index (κ1) is 19.0. The fourth-order valence-electron chi connectivity index (χ4n) is 2.31. The second kappa shape index (κ2) is 9.78. The Hall–Kier alpha value is -2.80. The predicted molar refractivity (Wildman–Crippen MR) is 102 cm³/mol. The van der Waals surface area contributed by atoms with Gasteiger partial charge in [-0.15, -0.1) is 11.8 Å². The van der Waals surface area contributed by atoms with Crippen LogP contribution in [0, 0.1) is 6.92 Å². The first-order chi connectivity index (χ1) is 13.2. The van der Waals surface area contributed by atoms with Gasteiger partial charge in [0.05, 0.1) is 24.5 Å². The van der Waals surface area contributed by atoms with E-state index in [1.165, 1.54) is 11.8 Å². The van der Waals surface area contributed by atoms with Crippen LogP contribution in [0.15, 0.2) is 64.0 Å². The topological polar surface area (TPSA) is 74.5 Å². The maximum Gasteiger partial charge on any atom is 0.339 e. The highest BCUT2D eigenvalue weighted by Crippen LogP contribution is 2.26. The Morgan fingerprint density at radius 3 is 2.63 bits per heavy atom. The van der Waals surface area contributed by atoms with Crippen LogP contribution in [0.1, 0.15) is 28.5 Å². The maximum absolute atomic E-state index is 12.4. The smallest absolute Gasteiger partial charge is 0.339 e. The molecular weight excluding hydrogens is 364 g/mol. The molecule has 0 amide bonds. The van der Waals surface area contributed by atoms with E-state index in [4.69, 9.17) is 14.0 Å². The van der Waals surface area contributed by atoms with Crippen molar-refractivity contribution in [2.45, 2.75) is 24.0 Å². The van der Waals surface area contributed by atoms with E-state index in [-0.39, 0.29) is 5.97 Å². The molecule has 0 atom stereocenters. The molecule has 7 heteroatoms. The second-order valence-electron chi connectivity index (χ2n) is 5.67. The zero-order valence-corrected chi connectivity index (χ0v) is 15.8. The summed E-state index contributed by atoms with van der Waals surface area (Å²) in [6.45, 7) is 2.56. The molecule has 0 fully saturated rings. The first-order valence-corrected chi connectivity index (χ1v) is 9.57. The Morgan fingerprint density at radius 2 is 1.85 bits per heavy atom. The lowest BCUT2D eigenvalue weighted by molar-refractivity contribution is 0.0482. The van der Waals surface area contributed by atoms with Crippen LogP contribution in [0.4, 0.5) is 0 Å². The third kappa shape index (κ3) is 5.86. The van der Waals surface area contributed by atoms with Crippen molar-refractivity contribution in [2.24, 2.45) is 0 Å². The van der Waals surface area contributed by atoms with Gasteiger partial charge in [-0.1, -0.05) is 35.5 Å². The average Bonchev–Trinajstić information content (AvgIpc) is 3.12. The fourth-order valence-corrected chi connectivity index (χ4v) is 3.19. The van der Waals surface area contributed by atoms with E-state index in [9.17, 15) is 4.79 Å². The van der Waals surface area contributed by atoms with Gasteiger partial charge in [0, 0.05) is 11.3 Å². The van der Waals surface area contributed by atoms with Crippen LogP contribution in [0.5, 0.6) is 5.75 Å². The minimum Gasteiger partial charge on any atom is -0.493 e. The quantitative estimate of drug-likeness (QED) is 0.309. The minimum atomic E-state index is -0.348. The Balaban J connectivity index is 1.46. The van der Waals surface area contributed by atoms with Gasteiger partial charge in [-0.05, 0) is 31.2 Å². The molecule has 0 saturated heterocycles. The lowest BCUT2D eigenvalue weighted by Crippen LogP contribution is -2.10. The molecule has 140 valence electrons. The molecule has 3 rings (SSSR count). The average molecular weight is 384 g/mol.